The third kappa shape index (κ3) is 3.57. The minimum atomic E-state index is -4.70. The van der Waals surface area contributed by atoms with Gasteiger partial charge in [0.05, 0.1) is 5.56 Å². The van der Waals surface area contributed by atoms with Crippen LogP contribution in [0.1, 0.15) is 16.7 Å². The molecule has 0 aliphatic heterocycles. The quantitative estimate of drug-likeness (QED) is 0.263. The van der Waals surface area contributed by atoms with E-state index in [2.05, 4.69) is 0 Å². The van der Waals surface area contributed by atoms with Gasteiger partial charge in [0.2, 0.25) is 0 Å². The maximum Gasteiger partial charge on any atom is 0.419 e. The topological polar surface area (TPSA) is 60.7 Å². The second-order valence-corrected chi connectivity index (χ2v) is 8.15. The Hall–Kier alpha value is -4.19. The Kier molecular flexibility index (Phi) is 5.09. The van der Waals surface area contributed by atoms with Crippen LogP contribution in [0.3, 0.4) is 0 Å². The Morgan fingerprint density at radius 1 is 0.588 bits per heavy atom. The molecule has 0 aromatic heterocycles. The van der Waals surface area contributed by atoms with Crippen molar-refractivity contribution in [3.63, 3.8) is 0 Å². The molecule has 0 aliphatic carbocycles. The lowest BCUT2D eigenvalue weighted by Crippen LogP contribution is -2.06. The first-order valence-corrected chi connectivity index (χ1v) is 10.6. The minimum Gasteiger partial charge on any atom is -0.507 e. The maximum absolute atomic E-state index is 13.3. The number of phenolic OH excluding ortho intramolecular Hbond substituents is 3. The number of benzene rings is 5. The van der Waals surface area contributed by atoms with Crippen LogP contribution in [0.2, 0.25) is 0 Å². The number of hydrogen-bond acceptors (Lipinski definition) is 3. The van der Waals surface area contributed by atoms with Gasteiger partial charge in [-0.25, -0.2) is 0 Å². The molecule has 34 heavy (non-hydrogen) atoms. The lowest BCUT2D eigenvalue weighted by atomic mass is 9.88. The summed E-state index contributed by atoms with van der Waals surface area (Å²) >= 11 is 0. The summed E-state index contributed by atoms with van der Waals surface area (Å²) in [4.78, 5) is 0. The van der Waals surface area contributed by atoms with E-state index >= 15 is 0 Å². The van der Waals surface area contributed by atoms with Crippen LogP contribution in [0.4, 0.5) is 13.2 Å². The summed E-state index contributed by atoms with van der Waals surface area (Å²) in [5.41, 5.74) is 0.0529. The Labute approximate surface area is 193 Å². The molecule has 0 saturated heterocycles. The highest BCUT2D eigenvalue weighted by Crippen LogP contribution is 2.47. The molecule has 3 nitrogen and oxygen atoms in total. The van der Waals surface area contributed by atoms with Crippen molar-refractivity contribution >= 4 is 21.5 Å². The molecule has 0 unspecified atom stereocenters. The van der Waals surface area contributed by atoms with Crippen molar-refractivity contribution in [3.05, 3.63) is 102 Å². The summed E-state index contributed by atoms with van der Waals surface area (Å²) in [7, 11) is 0. The van der Waals surface area contributed by atoms with Gasteiger partial charge in [-0.2, -0.15) is 13.2 Å². The Bertz CT molecular complexity index is 1550. The molecule has 0 heterocycles. The van der Waals surface area contributed by atoms with Gasteiger partial charge in [-0.1, -0.05) is 66.7 Å². The van der Waals surface area contributed by atoms with Crippen LogP contribution in [0, 0.1) is 0 Å². The average molecular weight is 460 g/mol. The van der Waals surface area contributed by atoms with Crippen LogP contribution in [0.15, 0.2) is 84.9 Å². The molecular weight excluding hydrogens is 441 g/mol. The third-order valence-electron chi connectivity index (χ3n) is 6.06. The Balaban J connectivity index is 1.78. The Morgan fingerprint density at radius 3 is 1.94 bits per heavy atom. The van der Waals surface area contributed by atoms with E-state index in [0.717, 1.165) is 22.2 Å². The molecule has 0 aliphatic rings. The van der Waals surface area contributed by atoms with Crippen molar-refractivity contribution in [2.24, 2.45) is 0 Å². The van der Waals surface area contributed by atoms with Gasteiger partial charge in [0.1, 0.15) is 17.2 Å². The number of alkyl halides is 3. The molecule has 0 spiro atoms. The fraction of sp³-hybridized carbons (Fsp3) is 0.0714. The summed E-state index contributed by atoms with van der Waals surface area (Å²) in [6.45, 7) is 0. The van der Waals surface area contributed by atoms with Gasteiger partial charge in [0.25, 0.3) is 0 Å². The molecule has 0 radical (unpaired) electrons. The lowest BCUT2D eigenvalue weighted by Gasteiger charge is -2.18. The van der Waals surface area contributed by atoms with Gasteiger partial charge in [-0.3, -0.25) is 0 Å². The summed E-state index contributed by atoms with van der Waals surface area (Å²) in [5.74, 6) is -1.06. The highest BCUT2D eigenvalue weighted by Gasteiger charge is 2.34. The van der Waals surface area contributed by atoms with Crippen LogP contribution >= 0.6 is 0 Å². The van der Waals surface area contributed by atoms with E-state index in [1.807, 2.05) is 48.5 Å². The van der Waals surface area contributed by atoms with Crippen LogP contribution in [0.5, 0.6) is 17.2 Å². The first kappa shape index (κ1) is 21.6. The zero-order valence-corrected chi connectivity index (χ0v) is 17.8. The second-order valence-electron chi connectivity index (χ2n) is 8.15. The molecule has 0 amide bonds. The maximum atomic E-state index is 13.3. The number of hydrogen-bond donors (Lipinski definition) is 3. The number of phenols is 3. The summed E-state index contributed by atoms with van der Waals surface area (Å²) in [6.07, 6.45) is -4.84. The van der Waals surface area contributed by atoms with E-state index in [1.54, 1.807) is 18.2 Å². The summed E-state index contributed by atoms with van der Waals surface area (Å²) in [5, 5.41) is 35.5. The number of para-hydroxylation sites is 1. The van der Waals surface area contributed by atoms with Crippen LogP contribution in [0.25, 0.3) is 32.7 Å². The number of rotatable bonds is 3. The fourth-order valence-corrected chi connectivity index (χ4v) is 4.47. The molecule has 0 saturated carbocycles. The number of halogens is 3. The van der Waals surface area contributed by atoms with Gasteiger partial charge in [-0.15, -0.1) is 0 Å². The highest BCUT2D eigenvalue weighted by atomic mass is 19.4. The van der Waals surface area contributed by atoms with Crippen molar-refractivity contribution in [2.75, 3.05) is 0 Å². The van der Waals surface area contributed by atoms with Gasteiger partial charge < -0.3 is 15.3 Å². The molecule has 5 aromatic rings. The van der Waals surface area contributed by atoms with Crippen molar-refractivity contribution in [3.8, 4) is 28.4 Å². The second kappa shape index (κ2) is 7.99. The third-order valence-corrected chi connectivity index (χ3v) is 6.06. The lowest BCUT2D eigenvalue weighted by molar-refractivity contribution is -0.138. The highest BCUT2D eigenvalue weighted by molar-refractivity contribution is 6.10. The largest absolute Gasteiger partial charge is 0.507 e. The van der Waals surface area contributed by atoms with E-state index in [-0.39, 0.29) is 23.5 Å². The van der Waals surface area contributed by atoms with E-state index in [1.165, 1.54) is 12.1 Å². The van der Waals surface area contributed by atoms with Crippen molar-refractivity contribution in [1.29, 1.82) is 0 Å². The fourth-order valence-electron chi connectivity index (χ4n) is 4.47. The zero-order valence-electron chi connectivity index (χ0n) is 17.8. The predicted molar refractivity (Wildman–Crippen MR) is 126 cm³/mol. The minimum absolute atomic E-state index is 0.0294. The van der Waals surface area contributed by atoms with Crippen LogP contribution in [-0.4, -0.2) is 15.3 Å². The number of aromatic hydroxyl groups is 3. The summed E-state index contributed by atoms with van der Waals surface area (Å²) < 4.78 is 39.9. The SMILES string of the molecule is Oc1ccc2ccccc2c1-c1c(O)c(Cc2cccc(C(F)(F)F)c2O)cc2ccccc12. The van der Waals surface area contributed by atoms with E-state index in [9.17, 15) is 28.5 Å². The molecule has 170 valence electrons. The van der Waals surface area contributed by atoms with Gasteiger partial charge >= 0.3 is 6.18 Å². The zero-order chi connectivity index (χ0) is 24.0. The van der Waals surface area contributed by atoms with E-state index < -0.39 is 17.5 Å². The smallest absolute Gasteiger partial charge is 0.419 e. The summed E-state index contributed by atoms with van der Waals surface area (Å²) in [6, 6.07) is 23.2. The molecule has 0 bridgehead atoms. The molecule has 0 atom stereocenters. The van der Waals surface area contributed by atoms with Gasteiger partial charge in [0, 0.05) is 17.5 Å². The first-order valence-electron chi connectivity index (χ1n) is 10.6. The van der Waals surface area contributed by atoms with Gasteiger partial charge in [-0.05, 0) is 50.9 Å². The predicted octanol–water partition coefficient (Wildman–Crippen LogP) is 7.39. The van der Waals surface area contributed by atoms with Crippen molar-refractivity contribution in [1.82, 2.24) is 0 Å². The van der Waals surface area contributed by atoms with Crippen LogP contribution in [-0.2, 0) is 12.6 Å². The molecular formula is C28H19F3O3. The Morgan fingerprint density at radius 2 is 1.24 bits per heavy atom. The molecule has 5 aromatic carbocycles. The van der Waals surface area contributed by atoms with Crippen LogP contribution < -0.4 is 0 Å². The van der Waals surface area contributed by atoms with Crippen molar-refractivity contribution in [2.45, 2.75) is 12.6 Å². The molecule has 6 heteroatoms. The van der Waals surface area contributed by atoms with E-state index in [4.69, 9.17) is 0 Å². The van der Waals surface area contributed by atoms with E-state index in [0.29, 0.717) is 22.1 Å². The first-order chi connectivity index (χ1) is 16.3. The average Bonchev–Trinajstić information content (AvgIpc) is 2.81. The molecule has 5 rings (SSSR count). The monoisotopic (exact) mass is 460 g/mol. The normalized spacial score (nSPS) is 11.9. The molecule has 0 fully saturated rings. The molecule has 3 N–H and O–H groups in total. The van der Waals surface area contributed by atoms with Crippen molar-refractivity contribution < 1.29 is 28.5 Å². The number of fused-ring (bicyclic) bond motifs is 2. The standard InChI is InChI=1S/C28H19F3O3/c29-28(30,31)22-11-5-8-18(26(22)33)15-19-14-17-7-2-4-10-21(17)25(27(19)34)24-20-9-3-1-6-16(20)12-13-23(24)32/h1-14,32-34H,15H2. The van der Waals surface area contributed by atoms with Gasteiger partial charge in [0.15, 0.2) is 0 Å².